The molecule has 0 bridgehead atoms. The van der Waals surface area contributed by atoms with Gasteiger partial charge in [0.25, 0.3) is 0 Å². The molecule has 2 nitrogen and oxygen atoms in total. The minimum absolute atomic E-state index is 0.216. The molecule has 116 valence electrons. The fourth-order valence-electron chi connectivity index (χ4n) is 1.33. The number of halogens is 3. The zero-order chi connectivity index (χ0) is 15.9. The normalized spacial score (nSPS) is 13.9. The number of carboxylic acid groups (broad SMARTS) is 1. The molecular formula is C16H19Br3O2. The molecule has 0 aliphatic heterocycles. The van der Waals surface area contributed by atoms with Crippen LogP contribution in [0.15, 0.2) is 56.5 Å². The topological polar surface area (TPSA) is 37.3 Å². The van der Waals surface area contributed by atoms with Crippen LogP contribution in [-0.4, -0.2) is 11.1 Å². The van der Waals surface area contributed by atoms with Gasteiger partial charge in [0.05, 0.1) is 0 Å². The Labute approximate surface area is 151 Å². The number of hydrogen-bond acceptors (Lipinski definition) is 1. The maximum atomic E-state index is 10.4. The van der Waals surface area contributed by atoms with E-state index in [9.17, 15) is 4.79 Å². The van der Waals surface area contributed by atoms with Gasteiger partial charge < -0.3 is 5.11 Å². The molecular weight excluding hydrogens is 464 g/mol. The van der Waals surface area contributed by atoms with E-state index in [1.165, 1.54) is 0 Å². The summed E-state index contributed by atoms with van der Waals surface area (Å²) < 4.78 is 2.04. The first kappa shape index (κ1) is 20.6. The first-order valence-corrected chi connectivity index (χ1v) is 9.09. The average Bonchev–Trinajstić information content (AvgIpc) is 2.42. The van der Waals surface area contributed by atoms with Crippen LogP contribution in [0.4, 0.5) is 0 Å². The van der Waals surface area contributed by atoms with Crippen LogP contribution in [0.25, 0.3) is 0 Å². The van der Waals surface area contributed by atoms with E-state index < -0.39 is 5.97 Å². The zero-order valence-electron chi connectivity index (χ0n) is 11.6. The van der Waals surface area contributed by atoms with Crippen LogP contribution >= 0.6 is 47.8 Å². The van der Waals surface area contributed by atoms with Gasteiger partial charge in [-0.2, -0.15) is 0 Å². The molecule has 0 aromatic heterocycles. The van der Waals surface area contributed by atoms with Gasteiger partial charge in [-0.25, -0.2) is 0 Å². The second-order valence-electron chi connectivity index (χ2n) is 4.12. The van der Waals surface area contributed by atoms with Crippen molar-refractivity contribution in [3.8, 4) is 0 Å². The highest BCUT2D eigenvalue weighted by Crippen LogP contribution is 2.11. The van der Waals surface area contributed by atoms with Crippen molar-refractivity contribution in [2.24, 2.45) is 0 Å². The lowest BCUT2D eigenvalue weighted by atomic mass is 10.2. The lowest BCUT2D eigenvalue weighted by Crippen LogP contribution is -1.92. The minimum atomic E-state index is -0.745. The molecule has 5 heteroatoms. The van der Waals surface area contributed by atoms with Gasteiger partial charge in [-0.05, 0) is 42.8 Å². The summed E-state index contributed by atoms with van der Waals surface area (Å²) in [6.07, 6.45) is 17.7. The number of carbonyl (C=O) groups is 1. The molecule has 0 heterocycles. The Kier molecular flexibility index (Phi) is 14.3. The van der Waals surface area contributed by atoms with Crippen molar-refractivity contribution in [1.82, 2.24) is 0 Å². The number of allylic oxidation sites excluding steroid dienone is 9. The van der Waals surface area contributed by atoms with Gasteiger partial charge in [0.1, 0.15) is 0 Å². The van der Waals surface area contributed by atoms with Gasteiger partial charge in [0.15, 0.2) is 0 Å². The summed E-state index contributed by atoms with van der Waals surface area (Å²) in [6, 6.07) is 0. The fourth-order valence-corrected chi connectivity index (χ4v) is 2.71. The first-order valence-electron chi connectivity index (χ1n) is 6.59. The lowest BCUT2D eigenvalue weighted by Gasteiger charge is -1.92. The second kappa shape index (κ2) is 14.5. The molecule has 0 rings (SSSR count). The van der Waals surface area contributed by atoms with E-state index >= 15 is 0 Å². The third-order valence-electron chi connectivity index (χ3n) is 2.33. The monoisotopic (exact) mass is 480 g/mol. The van der Waals surface area contributed by atoms with Crippen LogP contribution in [0.1, 0.15) is 32.1 Å². The Hall–Kier alpha value is -0.390. The summed E-state index contributed by atoms with van der Waals surface area (Å²) in [5.74, 6) is -0.745. The molecule has 0 aliphatic rings. The molecule has 0 aromatic carbocycles. The first-order chi connectivity index (χ1) is 10.1. The van der Waals surface area contributed by atoms with Gasteiger partial charge in [-0.1, -0.05) is 78.2 Å². The number of aliphatic carboxylic acids is 1. The van der Waals surface area contributed by atoms with Crippen molar-refractivity contribution in [3.05, 3.63) is 56.5 Å². The van der Waals surface area contributed by atoms with Crippen molar-refractivity contribution in [2.45, 2.75) is 32.1 Å². The molecule has 0 aliphatic carbocycles. The van der Waals surface area contributed by atoms with E-state index in [-0.39, 0.29) is 6.42 Å². The summed E-state index contributed by atoms with van der Waals surface area (Å²) in [4.78, 5) is 12.2. The molecule has 21 heavy (non-hydrogen) atoms. The number of hydrogen-bond donors (Lipinski definition) is 1. The highest BCUT2D eigenvalue weighted by molar-refractivity contribution is 9.12. The number of carboxylic acids is 1. The predicted molar refractivity (Wildman–Crippen MR) is 101 cm³/mol. The SMILES string of the molecule is O=C(O)CCCC=C(Br)C=CC=CCCC=C(Br)C=CBr. The largest absolute Gasteiger partial charge is 0.481 e. The molecule has 0 aromatic rings. The molecule has 0 radical (unpaired) electrons. The average molecular weight is 483 g/mol. The molecule has 1 N–H and O–H groups in total. The number of rotatable bonds is 10. The van der Waals surface area contributed by atoms with Gasteiger partial charge in [0, 0.05) is 15.4 Å². The molecule has 0 saturated carbocycles. The Bertz CT molecular complexity index is 446. The van der Waals surface area contributed by atoms with E-state index in [0.717, 1.165) is 28.2 Å². The Balaban J connectivity index is 3.87. The smallest absolute Gasteiger partial charge is 0.303 e. The molecule has 0 fully saturated rings. The Morgan fingerprint density at radius 3 is 2.29 bits per heavy atom. The Morgan fingerprint density at radius 1 is 0.952 bits per heavy atom. The van der Waals surface area contributed by atoms with Crippen LogP contribution < -0.4 is 0 Å². The molecule has 0 atom stereocenters. The lowest BCUT2D eigenvalue weighted by molar-refractivity contribution is -0.137. The van der Waals surface area contributed by atoms with Gasteiger partial charge in [-0.15, -0.1) is 0 Å². The Morgan fingerprint density at radius 2 is 1.62 bits per heavy atom. The standard InChI is InChI=1S/C16H19Br3O2/c17-13-12-15(19)9-5-3-1-2-4-8-14(18)10-6-7-11-16(20)21/h1-2,4,8-10,12-13H,3,5-7,11H2,(H,20,21). The van der Waals surface area contributed by atoms with Gasteiger partial charge in [-0.3, -0.25) is 4.79 Å². The van der Waals surface area contributed by atoms with Gasteiger partial charge >= 0.3 is 5.97 Å². The second-order valence-corrected chi connectivity index (χ2v) is 6.48. The van der Waals surface area contributed by atoms with Crippen LogP contribution in [0, 0.1) is 0 Å². The molecule has 0 amide bonds. The number of unbranched alkanes of at least 4 members (excludes halogenated alkanes) is 2. The van der Waals surface area contributed by atoms with Crippen LogP contribution in [0.5, 0.6) is 0 Å². The summed E-state index contributed by atoms with van der Waals surface area (Å²) in [7, 11) is 0. The summed E-state index contributed by atoms with van der Waals surface area (Å²) >= 11 is 10.1. The van der Waals surface area contributed by atoms with E-state index in [1.54, 1.807) is 0 Å². The quantitative estimate of drug-likeness (QED) is 0.281. The van der Waals surface area contributed by atoms with Crippen LogP contribution in [0.3, 0.4) is 0 Å². The summed E-state index contributed by atoms with van der Waals surface area (Å²) in [6.45, 7) is 0. The fraction of sp³-hybridized carbons (Fsp3) is 0.312. The van der Waals surface area contributed by atoms with E-state index in [4.69, 9.17) is 5.11 Å². The third-order valence-corrected chi connectivity index (χ3v) is 3.77. The molecule has 0 unspecified atom stereocenters. The van der Waals surface area contributed by atoms with Crippen molar-refractivity contribution in [2.75, 3.05) is 0 Å². The van der Waals surface area contributed by atoms with Crippen molar-refractivity contribution < 1.29 is 9.90 Å². The van der Waals surface area contributed by atoms with Crippen LogP contribution in [-0.2, 0) is 4.79 Å². The summed E-state index contributed by atoms with van der Waals surface area (Å²) in [5, 5.41) is 8.52. The third kappa shape index (κ3) is 15.8. The zero-order valence-corrected chi connectivity index (χ0v) is 16.4. The van der Waals surface area contributed by atoms with Crippen LogP contribution in [0.2, 0.25) is 0 Å². The van der Waals surface area contributed by atoms with E-state index in [0.29, 0.717) is 6.42 Å². The molecule has 0 spiro atoms. The van der Waals surface area contributed by atoms with E-state index in [2.05, 4.69) is 59.9 Å². The molecule has 0 saturated heterocycles. The highest BCUT2D eigenvalue weighted by atomic mass is 79.9. The summed E-state index contributed by atoms with van der Waals surface area (Å²) in [5.41, 5.74) is 0. The van der Waals surface area contributed by atoms with Crippen molar-refractivity contribution in [1.29, 1.82) is 0 Å². The van der Waals surface area contributed by atoms with Crippen molar-refractivity contribution in [3.63, 3.8) is 0 Å². The highest BCUT2D eigenvalue weighted by Gasteiger charge is 1.94. The maximum absolute atomic E-state index is 10.4. The minimum Gasteiger partial charge on any atom is -0.481 e. The van der Waals surface area contributed by atoms with Gasteiger partial charge in [0.2, 0.25) is 0 Å². The maximum Gasteiger partial charge on any atom is 0.303 e. The predicted octanol–water partition coefficient (Wildman–Crippen LogP) is 6.60. The van der Waals surface area contributed by atoms with Crippen molar-refractivity contribution >= 4 is 53.8 Å². The van der Waals surface area contributed by atoms with E-state index in [1.807, 2.05) is 35.4 Å².